The molecule has 0 aromatic heterocycles. The summed E-state index contributed by atoms with van der Waals surface area (Å²) < 4.78 is 11.0. The minimum Gasteiger partial charge on any atom is -0.394 e. The second kappa shape index (κ2) is 13.4. The molecule has 1 aliphatic rings. The largest absolute Gasteiger partial charge is 0.394 e. The van der Waals surface area contributed by atoms with Crippen LogP contribution in [-0.4, -0.2) is 88.4 Å². The maximum atomic E-state index is 9.99. The van der Waals surface area contributed by atoms with E-state index in [1.54, 1.807) is 0 Å². The Balaban J connectivity index is 2.19. The molecule has 6 nitrogen and oxygen atoms in total. The average molecular weight is 411 g/mol. The predicted molar refractivity (Wildman–Crippen MR) is 112 cm³/mol. The summed E-state index contributed by atoms with van der Waals surface area (Å²) in [6.45, 7) is 2.24. The molecule has 0 spiro atoms. The molecule has 1 heterocycles. The molecule has 0 aromatic carbocycles. The van der Waals surface area contributed by atoms with Gasteiger partial charge in [0.2, 0.25) is 0 Å². The zero-order valence-electron chi connectivity index (χ0n) is 17.4. The van der Waals surface area contributed by atoms with Gasteiger partial charge in [0.05, 0.1) is 13.2 Å². The van der Waals surface area contributed by atoms with Gasteiger partial charge in [0.25, 0.3) is 0 Å². The number of hydrogen-bond donors (Lipinski definition) is 4. The van der Waals surface area contributed by atoms with Gasteiger partial charge in [-0.3, -0.25) is 0 Å². The lowest BCUT2D eigenvalue weighted by Gasteiger charge is -2.40. The fourth-order valence-electron chi connectivity index (χ4n) is 3.32. The lowest BCUT2D eigenvalue weighted by atomic mass is 9.99. The maximum Gasteiger partial charge on any atom is 0.186 e. The van der Waals surface area contributed by atoms with Crippen LogP contribution in [0.5, 0.6) is 0 Å². The second-order valence-electron chi connectivity index (χ2n) is 8.22. The first-order valence-electron chi connectivity index (χ1n) is 10.4. The van der Waals surface area contributed by atoms with Crippen molar-refractivity contribution in [3.05, 3.63) is 0 Å². The van der Waals surface area contributed by atoms with Crippen molar-refractivity contribution in [1.29, 1.82) is 0 Å². The van der Waals surface area contributed by atoms with E-state index in [2.05, 4.69) is 19.4 Å². The van der Waals surface area contributed by atoms with Crippen LogP contribution < -0.4 is 0 Å². The molecule has 164 valence electrons. The molecule has 0 aromatic rings. The van der Waals surface area contributed by atoms with Crippen LogP contribution in [0.4, 0.5) is 0 Å². The Morgan fingerprint density at radius 3 is 2.00 bits per heavy atom. The van der Waals surface area contributed by atoms with Crippen molar-refractivity contribution in [3.8, 4) is 0 Å². The van der Waals surface area contributed by atoms with Crippen LogP contribution in [-0.2, 0) is 9.47 Å². The third kappa shape index (κ3) is 9.43. The summed E-state index contributed by atoms with van der Waals surface area (Å²) in [4.78, 5) is 0. The average Bonchev–Trinajstić information content (AvgIpc) is 2.63. The number of unbranched alkanes of at least 4 members (excludes halogenated alkanes) is 7. The fraction of sp³-hybridized carbons (Fsp3) is 1.00. The highest BCUT2D eigenvalue weighted by molar-refractivity contribution is 8.32. The Morgan fingerprint density at radius 1 is 0.815 bits per heavy atom. The molecule has 0 saturated carbocycles. The van der Waals surface area contributed by atoms with E-state index >= 15 is 0 Å². The molecular formula is C20H42O6S. The van der Waals surface area contributed by atoms with Crippen molar-refractivity contribution in [1.82, 2.24) is 0 Å². The predicted octanol–water partition coefficient (Wildman–Crippen LogP) is 2.01. The van der Waals surface area contributed by atoms with Gasteiger partial charge in [-0.25, -0.2) is 10.0 Å². The second-order valence-corrected chi connectivity index (χ2v) is 12.6. The third-order valence-corrected chi connectivity index (χ3v) is 7.98. The van der Waals surface area contributed by atoms with Gasteiger partial charge in [-0.15, -0.1) is 0 Å². The standard InChI is InChI=1S/C20H42O6S/c1-4-5-6-7-8-9-10-11-13-27(2,3)14-12-25-20-19(24)18(23)17(22)16(15-21)26-20/h16-24H,4-15H2,1-3H3. The van der Waals surface area contributed by atoms with Crippen molar-refractivity contribution < 1.29 is 29.9 Å². The summed E-state index contributed by atoms with van der Waals surface area (Å²) >= 11 is 0. The van der Waals surface area contributed by atoms with Gasteiger partial charge >= 0.3 is 0 Å². The van der Waals surface area contributed by atoms with E-state index in [4.69, 9.17) is 9.47 Å². The van der Waals surface area contributed by atoms with Gasteiger partial charge in [-0.05, 0) is 24.7 Å². The molecule has 5 unspecified atom stereocenters. The zero-order chi connectivity index (χ0) is 20.3. The van der Waals surface area contributed by atoms with E-state index in [9.17, 15) is 20.4 Å². The monoisotopic (exact) mass is 410 g/mol. The summed E-state index contributed by atoms with van der Waals surface area (Å²) in [6.07, 6.45) is 9.21. The first-order valence-corrected chi connectivity index (χ1v) is 13.2. The summed E-state index contributed by atoms with van der Waals surface area (Å²) in [7, 11) is -0.768. The van der Waals surface area contributed by atoms with Crippen LogP contribution in [0.25, 0.3) is 0 Å². The Hall–Kier alpha value is 0.110. The molecule has 0 aliphatic carbocycles. The van der Waals surface area contributed by atoms with E-state index in [0.717, 1.165) is 5.75 Å². The van der Waals surface area contributed by atoms with Gasteiger partial charge in [0, 0.05) is 5.75 Å². The van der Waals surface area contributed by atoms with Gasteiger partial charge < -0.3 is 29.9 Å². The van der Waals surface area contributed by atoms with Crippen molar-refractivity contribution >= 4 is 10.0 Å². The molecule has 0 bridgehead atoms. The lowest BCUT2D eigenvalue weighted by molar-refractivity contribution is -0.299. The molecule has 0 amide bonds. The molecule has 1 rings (SSSR count). The molecular weight excluding hydrogens is 368 g/mol. The molecule has 1 saturated heterocycles. The smallest absolute Gasteiger partial charge is 0.186 e. The normalized spacial score (nSPS) is 29.8. The van der Waals surface area contributed by atoms with Gasteiger partial charge in [0.1, 0.15) is 24.4 Å². The number of aliphatic hydroxyl groups excluding tert-OH is 4. The van der Waals surface area contributed by atoms with Crippen molar-refractivity contribution in [2.75, 3.05) is 37.2 Å². The van der Waals surface area contributed by atoms with E-state index in [0.29, 0.717) is 6.61 Å². The summed E-state index contributed by atoms with van der Waals surface area (Å²) in [5.74, 6) is 2.11. The minimum absolute atomic E-state index is 0.431. The Bertz CT molecular complexity index is 379. The highest BCUT2D eigenvalue weighted by Gasteiger charge is 2.43. The maximum absolute atomic E-state index is 9.99. The van der Waals surface area contributed by atoms with E-state index in [1.165, 1.54) is 57.1 Å². The molecule has 1 fully saturated rings. The van der Waals surface area contributed by atoms with Crippen LogP contribution in [0, 0.1) is 0 Å². The molecule has 4 N–H and O–H groups in total. The summed E-state index contributed by atoms with van der Waals surface area (Å²) in [5.41, 5.74) is 0. The van der Waals surface area contributed by atoms with E-state index in [-0.39, 0.29) is 0 Å². The third-order valence-electron chi connectivity index (χ3n) is 5.32. The molecule has 0 radical (unpaired) electrons. The topological polar surface area (TPSA) is 99.4 Å². The summed E-state index contributed by atoms with van der Waals surface area (Å²) in [6, 6.07) is 0. The Kier molecular flexibility index (Phi) is 12.4. The van der Waals surface area contributed by atoms with Crippen LogP contribution in [0.3, 0.4) is 0 Å². The van der Waals surface area contributed by atoms with Crippen molar-refractivity contribution in [2.45, 2.75) is 89.0 Å². The first-order chi connectivity index (χ1) is 12.8. The van der Waals surface area contributed by atoms with Crippen LogP contribution in [0.2, 0.25) is 0 Å². The first kappa shape index (κ1) is 25.1. The molecule has 7 heteroatoms. The van der Waals surface area contributed by atoms with Crippen molar-refractivity contribution in [2.24, 2.45) is 0 Å². The van der Waals surface area contributed by atoms with Crippen LogP contribution in [0.1, 0.15) is 58.3 Å². The highest BCUT2D eigenvalue weighted by Crippen LogP contribution is 2.40. The molecule has 27 heavy (non-hydrogen) atoms. The SMILES string of the molecule is CCCCCCCCCCS(C)(C)CCOC1OC(CO)C(O)C(O)C1O. The highest BCUT2D eigenvalue weighted by atomic mass is 32.3. The Labute approximate surface area is 166 Å². The summed E-state index contributed by atoms with van der Waals surface area (Å²) in [5, 5.41) is 38.8. The van der Waals surface area contributed by atoms with Crippen LogP contribution >= 0.6 is 10.0 Å². The number of ether oxygens (including phenoxy) is 2. The van der Waals surface area contributed by atoms with Gasteiger partial charge in [-0.2, -0.15) is 0 Å². The molecule has 5 atom stereocenters. The lowest BCUT2D eigenvalue weighted by Crippen LogP contribution is -2.59. The number of hydrogen-bond acceptors (Lipinski definition) is 6. The minimum atomic E-state index is -1.38. The zero-order valence-corrected chi connectivity index (χ0v) is 18.2. The molecule has 1 aliphatic heterocycles. The van der Waals surface area contributed by atoms with Gasteiger partial charge in [0.15, 0.2) is 6.29 Å². The number of aliphatic hydroxyl groups is 4. The van der Waals surface area contributed by atoms with E-state index < -0.39 is 47.3 Å². The van der Waals surface area contributed by atoms with Crippen LogP contribution in [0.15, 0.2) is 0 Å². The van der Waals surface area contributed by atoms with Gasteiger partial charge in [-0.1, -0.05) is 51.9 Å². The quantitative estimate of drug-likeness (QED) is 0.327. The van der Waals surface area contributed by atoms with Crippen molar-refractivity contribution in [3.63, 3.8) is 0 Å². The Morgan fingerprint density at radius 2 is 1.41 bits per heavy atom. The van der Waals surface area contributed by atoms with E-state index in [1.807, 2.05) is 0 Å². The number of rotatable bonds is 14. The fourth-order valence-corrected chi connectivity index (χ4v) is 5.06.